The van der Waals surface area contributed by atoms with Crippen LogP contribution in [0, 0.1) is 23.3 Å². The first-order valence-corrected chi connectivity index (χ1v) is 8.49. The molecule has 0 aromatic heterocycles. The van der Waals surface area contributed by atoms with Gasteiger partial charge in [0.2, 0.25) is 5.78 Å². The van der Waals surface area contributed by atoms with Crippen LogP contribution in [0.2, 0.25) is 5.02 Å². The van der Waals surface area contributed by atoms with Crippen LogP contribution in [0.1, 0.15) is 22.8 Å². The van der Waals surface area contributed by atoms with Crippen molar-refractivity contribution in [2.75, 3.05) is 11.9 Å². The van der Waals surface area contributed by atoms with Gasteiger partial charge < -0.3 is 15.2 Å². The summed E-state index contributed by atoms with van der Waals surface area (Å²) in [7, 11) is 0. The lowest BCUT2D eigenvalue weighted by Crippen LogP contribution is -2.19. The monoisotopic (exact) mass is 431 g/mol. The highest BCUT2D eigenvalue weighted by atomic mass is 35.5. The number of esters is 1. The van der Waals surface area contributed by atoms with Crippen molar-refractivity contribution in [3.63, 3.8) is 0 Å². The average Bonchev–Trinajstić information content (AvgIpc) is 2.70. The number of nitrogens with one attached hydrogen (secondary N) is 1. The molecule has 2 aromatic rings. The first-order valence-electron chi connectivity index (χ1n) is 8.12. The second-order valence-electron chi connectivity index (χ2n) is 5.56. The molecule has 0 saturated heterocycles. The summed E-state index contributed by atoms with van der Waals surface area (Å²) < 4.78 is 59.1. The number of aliphatic hydroxyl groups excluding tert-OH is 1. The molecule has 0 heterocycles. The summed E-state index contributed by atoms with van der Waals surface area (Å²) in [4.78, 5) is 24.8. The van der Waals surface area contributed by atoms with Crippen LogP contribution in [0.4, 0.5) is 23.2 Å². The molecule has 0 atom stereocenters. The maximum atomic E-state index is 14.2. The number of halogens is 5. The number of ether oxygens (including phenoxy) is 1. The molecule has 0 spiro atoms. The van der Waals surface area contributed by atoms with Crippen molar-refractivity contribution in [3.8, 4) is 0 Å². The number of carbonyl (C=O) groups excluding carboxylic acids is 2. The van der Waals surface area contributed by atoms with Gasteiger partial charge in [-0.2, -0.15) is 0 Å². The molecule has 29 heavy (non-hydrogen) atoms. The summed E-state index contributed by atoms with van der Waals surface area (Å²) in [6.45, 7) is 0.749. The van der Waals surface area contributed by atoms with E-state index < -0.39 is 57.8 Å². The Morgan fingerprint density at radius 2 is 1.86 bits per heavy atom. The maximum Gasteiger partial charge on any atom is 0.343 e. The van der Waals surface area contributed by atoms with Crippen LogP contribution in [-0.2, 0) is 16.1 Å². The zero-order valence-electron chi connectivity index (χ0n) is 14.9. The molecule has 0 aliphatic rings. The van der Waals surface area contributed by atoms with E-state index in [9.17, 15) is 32.3 Å². The summed E-state index contributed by atoms with van der Waals surface area (Å²) in [5, 5.41) is 10.5. The lowest BCUT2D eigenvalue weighted by molar-refractivity contribution is -0.138. The minimum Gasteiger partial charge on any atom is -0.462 e. The maximum absolute atomic E-state index is 14.2. The molecule has 0 unspecified atom stereocenters. The Labute approximate surface area is 167 Å². The van der Waals surface area contributed by atoms with Crippen molar-refractivity contribution in [2.45, 2.75) is 13.5 Å². The number of hydrogen-bond donors (Lipinski definition) is 2. The topological polar surface area (TPSA) is 75.6 Å². The molecule has 0 aliphatic heterocycles. The minimum absolute atomic E-state index is 0.0963. The van der Waals surface area contributed by atoms with Crippen LogP contribution in [0.15, 0.2) is 36.0 Å². The van der Waals surface area contributed by atoms with Crippen LogP contribution in [0.25, 0.3) is 0 Å². The quantitative estimate of drug-likeness (QED) is 0.101. The molecule has 0 saturated carbocycles. The van der Waals surface area contributed by atoms with Gasteiger partial charge in [-0.3, -0.25) is 4.79 Å². The molecule has 0 amide bonds. The Morgan fingerprint density at radius 3 is 2.48 bits per heavy atom. The van der Waals surface area contributed by atoms with Gasteiger partial charge in [0.1, 0.15) is 16.4 Å². The largest absolute Gasteiger partial charge is 0.462 e. The average molecular weight is 432 g/mol. The fourth-order valence-corrected chi connectivity index (χ4v) is 2.49. The third kappa shape index (κ3) is 4.93. The third-order valence-electron chi connectivity index (χ3n) is 3.70. The predicted molar refractivity (Wildman–Crippen MR) is 96.3 cm³/mol. The molecule has 5 nitrogen and oxygen atoms in total. The second-order valence-corrected chi connectivity index (χ2v) is 5.94. The van der Waals surface area contributed by atoms with Crippen molar-refractivity contribution in [1.29, 1.82) is 0 Å². The molecule has 2 N–H and O–H groups in total. The van der Waals surface area contributed by atoms with Crippen LogP contribution >= 0.6 is 11.6 Å². The van der Waals surface area contributed by atoms with E-state index in [1.165, 1.54) is 13.0 Å². The third-order valence-corrected chi connectivity index (χ3v) is 4.03. The molecule has 0 bridgehead atoms. The molecule has 10 heteroatoms. The van der Waals surface area contributed by atoms with E-state index >= 15 is 0 Å². The fourth-order valence-electron chi connectivity index (χ4n) is 2.29. The lowest BCUT2D eigenvalue weighted by atomic mass is 10.0. The van der Waals surface area contributed by atoms with Crippen LogP contribution in [0.3, 0.4) is 0 Å². The number of hydrogen-bond acceptors (Lipinski definition) is 5. The first-order chi connectivity index (χ1) is 13.7. The SMILES string of the molecule is CCOC(=O)/C(=C\Nc1ccc(F)cc1CO)C(=O)c1cc(F)c(F)c(Cl)c1F. The molecule has 154 valence electrons. The molecular formula is C19H14ClF4NO4. The first kappa shape index (κ1) is 22.4. The Bertz CT molecular complexity index is 995. The predicted octanol–water partition coefficient (Wildman–Crippen LogP) is 4.13. The normalized spacial score (nSPS) is 11.3. The van der Waals surface area contributed by atoms with Gasteiger partial charge in [0, 0.05) is 17.5 Å². The van der Waals surface area contributed by atoms with E-state index in [2.05, 4.69) is 5.32 Å². The second kappa shape index (κ2) is 9.53. The number of aliphatic hydroxyl groups is 1. The molecular weight excluding hydrogens is 418 g/mol. The molecule has 2 rings (SSSR count). The summed E-state index contributed by atoms with van der Waals surface area (Å²) in [5.74, 6) is -7.97. The Hall–Kier alpha value is -2.91. The molecule has 0 aliphatic carbocycles. The van der Waals surface area contributed by atoms with E-state index in [1.807, 2.05) is 0 Å². The van der Waals surface area contributed by atoms with Crippen molar-refractivity contribution in [2.24, 2.45) is 0 Å². The number of Topliss-reactive ketones (excluding diaryl/α,β-unsaturated/α-hetero) is 1. The molecule has 0 fully saturated rings. The standard InChI is InChI=1S/C19H14ClF4NO4/c1-2-29-19(28)12(7-25-14-4-3-10(21)5-9(14)8-26)18(27)11-6-13(22)17(24)15(20)16(11)23/h3-7,25-26H,2,8H2,1H3/b12-7-. The summed E-state index contributed by atoms with van der Waals surface area (Å²) in [6, 6.07) is 3.55. The van der Waals surface area contributed by atoms with E-state index in [-0.39, 0.29) is 23.9 Å². The van der Waals surface area contributed by atoms with Crippen LogP contribution in [-0.4, -0.2) is 23.5 Å². The Kier molecular flexibility index (Phi) is 7.35. The van der Waals surface area contributed by atoms with Crippen molar-refractivity contribution in [1.82, 2.24) is 0 Å². The van der Waals surface area contributed by atoms with Gasteiger partial charge in [0.15, 0.2) is 17.5 Å². The number of carbonyl (C=O) groups is 2. The zero-order valence-corrected chi connectivity index (χ0v) is 15.6. The van der Waals surface area contributed by atoms with E-state index in [0.29, 0.717) is 0 Å². The van der Waals surface area contributed by atoms with Gasteiger partial charge in [0.05, 0.1) is 18.8 Å². The van der Waals surface area contributed by atoms with E-state index in [1.54, 1.807) is 0 Å². The van der Waals surface area contributed by atoms with Gasteiger partial charge in [-0.1, -0.05) is 11.6 Å². The highest BCUT2D eigenvalue weighted by Crippen LogP contribution is 2.27. The molecule has 2 aromatic carbocycles. The number of rotatable bonds is 7. The van der Waals surface area contributed by atoms with Gasteiger partial charge >= 0.3 is 5.97 Å². The number of ketones is 1. The highest BCUT2D eigenvalue weighted by Gasteiger charge is 2.28. The summed E-state index contributed by atoms with van der Waals surface area (Å²) in [6.07, 6.45) is 0.821. The smallest absolute Gasteiger partial charge is 0.343 e. The van der Waals surface area contributed by atoms with Gasteiger partial charge in [-0.15, -0.1) is 0 Å². The van der Waals surface area contributed by atoms with Gasteiger partial charge in [-0.05, 0) is 31.2 Å². The van der Waals surface area contributed by atoms with E-state index in [0.717, 1.165) is 18.3 Å². The van der Waals surface area contributed by atoms with Crippen molar-refractivity contribution >= 4 is 29.0 Å². The minimum atomic E-state index is -1.68. The van der Waals surface area contributed by atoms with Crippen LogP contribution < -0.4 is 5.32 Å². The summed E-state index contributed by atoms with van der Waals surface area (Å²) >= 11 is 5.35. The summed E-state index contributed by atoms with van der Waals surface area (Å²) in [5.41, 5.74) is -1.52. The Morgan fingerprint density at radius 1 is 1.17 bits per heavy atom. The van der Waals surface area contributed by atoms with Gasteiger partial charge in [-0.25, -0.2) is 22.4 Å². The molecule has 0 radical (unpaired) electrons. The number of benzene rings is 2. The highest BCUT2D eigenvalue weighted by molar-refractivity contribution is 6.32. The number of anilines is 1. The van der Waals surface area contributed by atoms with Crippen molar-refractivity contribution < 1.29 is 37.0 Å². The van der Waals surface area contributed by atoms with E-state index in [4.69, 9.17) is 16.3 Å². The zero-order chi connectivity index (χ0) is 21.7. The van der Waals surface area contributed by atoms with Gasteiger partial charge in [0.25, 0.3) is 0 Å². The fraction of sp³-hybridized carbons (Fsp3) is 0.158. The van der Waals surface area contributed by atoms with Crippen molar-refractivity contribution in [3.05, 3.63) is 75.5 Å². The van der Waals surface area contributed by atoms with Crippen LogP contribution in [0.5, 0.6) is 0 Å². The lowest BCUT2D eigenvalue weighted by Gasteiger charge is -2.11. The Balaban J connectivity index is 2.50.